The Hall–Kier alpha value is -1.71. The van der Waals surface area contributed by atoms with Crippen LogP contribution in [0.2, 0.25) is 0 Å². The van der Waals surface area contributed by atoms with Crippen LogP contribution in [0.3, 0.4) is 0 Å². The van der Waals surface area contributed by atoms with Crippen molar-refractivity contribution in [3.05, 3.63) is 27.8 Å². The summed E-state index contributed by atoms with van der Waals surface area (Å²) in [5.74, 6) is 0. The number of hydrogen-bond acceptors (Lipinski definition) is 6. The van der Waals surface area contributed by atoms with Gasteiger partial charge in [0.05, 0.1) is 9.82 Å². The Bertz CT molecular complexity index is 630. The third kappa shape index (κ3) is 3.90. The highest BCUT2D eigenvalue weighted by atomic mass is 32.2. The van der Waals surface area contributed by atoms with Crippen molar-refractivity contribution >= 4 is 21.4 Å². The molecule has 0 heterocycles. The molecule has 1 rings (SSSR count). The van der Waals surface area contributed by atoms with E-state index in [0.29, 0.717) is 18.6 Å². The lowest BCUT2D eigenvalue weighted by Crippen LogP contribution is -2.29. The summed E-state index contributed by atoms with van der Waals surface area (Å²) in [7, 11) is -0.852. The van der Waals surface area contributed by atoms with Crippen molar-refractivity contribution in [1.29, 1.82) is 0 Å². The van der Waals surface area contributed by atoms with E-state index in [9.17, 15) is 18.5 Å². The number of methoxy groups -OCH3 is 1. The minimum absolute atomic E-state index is 0.0570. The molecular formula is C12H19N3O5S. The molecule has 9 heteroatoms. The summed E-state index contributed by atoms with van der Waals surface area (Å²) in [5, 5.41) is 10.9. The Kier molecular flexibility index (Phi) is 5.64. The van der Waals surface area contributed by atoms with E-state index >= 15 is 0 Å². The second-order valence-corrected chi connectivity index (χ2v) is 6.62. The van der Waals surface area contributed by atoms with Crippen molar-refractivity contribution in [1.82, 2.24) is 4.31 Å². The molecule has 0 amide bonds. The Balaban J connectivity index is 3.19. The molecule has 0 aromatic heterocycles. The number of hydrogen-bond donors (Lipinski definition) is 1. The summed E-state index contributed by atoms with van der Waals surface area (Å²) in [6.45, 7) is 2.24. The first-order valence-electron chi connectivity index (χ1n) is 6.21. The van der Waals surface area contributed by atoms with Gasteiger partial charge in [-0.05, 0) is 25.0 Å². The molecular weight excluding hydrogens is 298 g/mol. The summed E-state index contributed by atoms with van der Waals surface area (Å²) < 4.78 is 30.9. The maximum atomic E-state index is 12.5. The van der Waals surface area contributed by atoms with Gasteiger partial charge in [-0.15, -0.1) is 0 Å². The van der Waals surface area contributed by atoms with E-state index in [1.54, 1.807) is 6.92 Å². The first kappa shape index (κ1) is 17.3. The van der Waals surface area contributed by atoms with Crippen molar-refractivity contribution in [3.8, 4) is 0 Å². The normalized spacial score (nSPS) is 11.8. The second-order valence-electron chi connectivity index (χ2n) is 4.61. The highest BCUT2D eigenvalue weighted by Crippen LogP contribution is 2.29. The van der Waals surface area contributed by atoms with Crippen molar-refractivity contribution in [2.45, 2.75) is 18.2 Å². The lowest BCUT2D eigenvalue weighted by atomic mass is 10.2. The van der Waals surface area contributed by atoms with Gasteiger partial charge in [-0.1, -0.05) is 0 Å². The number of aryl methyl sites for hydroxylation is 1. The average molecular weight is 317 g/mol. The lowest BCUT2D eigenvalue weighted by Gasteiger charge is -2.18. The Morgan fingerprint density at radius 3 is 2.57 bits per heavy atom. The number of ether oxygens (including phenoxy) is 1. The predicted molar refractivity (Wildman–Crippen MR) is 78.6 cm³/mol. The molecule has 0 aliphatic carbocycles. The number of benzene rings is 1. The summed E-state index contributed by atoms with van der Waals surface area (Å²) in [5.41, 5.74) is 5.44. The fourth-order valence-corrected chi connectivity index (χ4v) is 3.29. The smallest absolute Gasteiger partial charge is 0.293 e. The standard InChI is InChI=1S/C12H19N3O5S/c1-9-7-10(13)11(15(16)17)8-12(9)21(18,19)14(2)5-4-6-20-3/h7-8H,4-6,13H2,1-3H3. The number of sulfonamides is 1. The Morgan fingerprint density at radius 1 is 1.43 bits per heavy atom. The van der Waals surface area contributed by atoms with Crippen molar-refractivity contribution in [2.75, 3.05) is 33.0 Å². The largest absolute Gasteiger partial charge is 0.393 e. The zero-order valence-corrected chi connectivity index (χ0v) is 13.0. The van der Waals surface area contributed by atoms with Gasteiger partial charge in [-0.2, -0.15) is 0 Å². The lowest BCUT2D eigenvalue weighted by molar-refractivity contribution is -0.384. The maximum Gasteiger partial charge on any atom is 0.293 e. The molecule has 0 aliphatic heterocycles. The molecule has 2 N–H and O–H groups in total. The minimum Gasteiger partial charge on any atom is -0.393 e. The van der Waals surface area contributed by atoms with Gasteiger partial charge < -0.3 is 10.5 Å². The van der Waals surface area contributed by atoms with E-state index < -0.39 is 20.6 Å². The van der Waals surface area contributed by atoms with Crippen molar-refractivity contribution in [2.24, 2.45) is 0 Å². The van der Waals surface area contributed by atoms with E-state index in [0.717, 1.165) is 10.4 Å². The summed E-state index contributed by atoms with van der Waals surface area (Å²) >= 11 is 0. The SMILES string of the molecule is COCCCN(C)S(=O)(=O)c1cc([N+](=O)[O-])c(N)cc1C. The number of anilines is 1. The molecule has 21 heavy (non-hydrogen) atoms. The van der Waals surface area contributed by atoms with Crippen LogP contribution in [0.4, 0.5) is 11.4 Å². The molecule has 0 fully saturated rings. The van der Waals surface area contributed by atoms with Gasteiger partial charge >= 0.3 is 0 Å². The summed E-state index contributed by atoms with van der Waals surface area (Å²) in [6.07, 6.45) is 0.530. The van der Waals surface area contributed by atoms with Gasteiger partial charge in [0.15, 0.2) is 0 Å². The number of nitro groups is 1. The molecule has 0 aliphatic rings. The maximum absolute atomic E-state index is 12.5. The van der Waals surface area contributed by atoms with E-state index in [1.165, 1.54) is 20.2 Å². The predicted octanol–water partition coefficient (Wildman–Crippen LogP) is 1.14. The zero-order chi connectivity index (χ0) is 16.2. The van der Waals surface area contributed by atoms with Crippen LogP contribution in [-0.4, -0.2) is 45.0 Å². The van der Waals surface area contributed by atoms with Crippen LogP contribution in [0, 0.1) is 17.0 Å². The van der Waals surface area contributed by atoms with Crippen LogP contribution in [0.25, 0.3) is 0 Å². The Labute approximate surface area is 123 Å². The summed E-state index contributed by atoms with van der Waals surface area (Å²) in [4.78, 5) is 10.1. The van der Waals surface area contributed by atoms with Gasteiger partial charge in [0.1, 0.15) is 5.69 Å². The highest BCUT2D eigenvalue weighted by Gasteiger charge is 2.26. The number of nitrogens with zero attached hydrogens (tertiary/aromatic N) is 2. The van der Waals surface area contributed by atoms with Crippen molar-refractivity contribution in [3.63, 3.8) is 0 Å². The molecule has 0 radical (unpaired) electrons. The third-order valence-corrected chi connectivity index (χ3v) is 5.03. The van der Waals surface area contributed by atoms with Crippen LogP contribution < -0.4 is 5.73 Å². The molecule has 118 valence electrons. The number of nitrogen functional groups attached to an aromatic ring is 1. The number of nitro benzene ring substituents is 1. The fraction of sp³-hybridized carbons (Fsp3) is 0.500. The van der Waals surface area contributed by atoms with Crippen LogP contribution in [0.15, 0.2) is 17.0 Å². The molecule has 1 aromatic carbocycles. The number of rotatable bonds is 7. The number of nitrogens with two attached hydrogens (primary N) is 1. The van der Waals surface area contributed by atoms with Gasteiger partial charge in [0.25, 0.3) is 5.69 Å². The first-order chi connectivity index (χ1) is 9.71. The average Bonchev–Trinajstić information content (AvgIpc) is 2.37. The van der Waals surface area contributed by atoms with E-state index in [1.807, 2.05) is 0 Å². The highest BCUT2D eigenvalue weighted by molar-refractivity contribution is 7.89. The van der Waals surface area contributed by atoms with E-state index in [2.05, 4.69) is 0 Å². The molecule has 0 saturated carbocycles. The topological polar surface area (TPSA) is 116 Å². The second kappa shape index (κ2) is 6.83. The van der Waals surface area contributed by atoms with Crippen LogP contribution in [-0.2, 0) is 14.8 Å². The fourth-order valence-electron chi connectivity index (χ4n) is 1.86. The third-order valence-electron chi connectivity index (χ3n) is 3.03. The van der Waals surface area contributed by atoms with Gasteiger partial charge in [0.2, 0.25) is 10.0 Å². The van der Waals surface area contributed by atoms with Crippen molar-refractivity contribution < 1.29 is 18.1 Å². The van der Waals surface area contributed by atoms with Gasteiger partial charge in [-0.3, -0.25) is 10.1 Å². The molecule has 0 unspecified atom stereocenters. The molecule has 0 bridgehead atoms. The monoisotopic (exact) mass is 317 g/mol. The van der Waals surface area contributed by atoms with Gasteiger partial charge in [0, 0.05) is 33.4 Å². The molecule has 1 aromatic rings. The molecule has 0 saturated heterocycles. The first-order valence-corrected chi connectivity index (χ1v) is 7.65. The van der Waals surface area contributed by atoms with Crippen LogP contribution in [0.1, 0.15) is 12.0 Å². The molecule has 8 nitrogen and oxygen atoms in total. The minimum atomic E-state index is -3.81. The molecule has 0 atom stereocenters. The van der Waals surface area contributed by atoms with Gasteiger partial charge in [-0.25, -0.2) is 12.7 Å². The van der Waals surface area contributed by atoms with Crippen LogP contribution >= 0.6 is 0 Å². The quantitative estimate of drug-likeness (QED) is 0.349. The van der Waals surface area contributed by atoms with Crippen LogP contribution in [0.5, 0.6) is 0 Å². The van der Waals surface area contributed by atoms with E-state index in [-0.39, 0.29) is 17.1 Å². The zero-order valence-electron chi connectivity index (χ0n) is 12.2. The summed E-state index contributed by atoms with van der Waals surface area (Å²) in [6, 6.07) is 2.31. The van der Waals surface area contributed by atoms with E-state index in [4.69, 9.17) is 10.5 Å². The Morgan fingerprint density at radius 2 is 2.05 bits per heavy atom. The molecule has 0 spiro atoms.